The van der Waals surface area contributed by atoms with Gasteiger partial charge in [-0.15, -0.1) is 0 Å². The number of rotatable bonds is 2. The summed E-state index contributed by atoms with van der Waals surface area (Å²) in [6.07, 6.45) is 5.06. The van der Waals surface area contributed by atoms with Crippen molar-refractivity contribution in [2.24, 2.45) is 11.7 Å². The van der Waals surface area contributed by atoms with E-state index in [2.05, 4.69) is 15.9 Å². The number of nitrogens with two attached hydrogens (primary N) is 1. The van der Waals surface area contributed by atoms with Gasteiger partial charge in [-0.2, -0.15) is 0 Å². The zero-order valence-electron chi connectivity index (χ0n) is 9.93. The molecule has 100 valence electrons. The highest BCUT2D eigenvalue weighted by Crippen LogP contribution is 2.41. The van der Waals surface area contributed by atoms with E-state index in [9.17, 15) is 13.9 Å². The van der Waals surface area contributed by atoms with Crippen LogP contribution in [-0.2, 0) is 0 Å². The molecule has 3 N–H and O–H groups in total. The molecular formula is C13H16BrF2NO. The van der Waals surface area contributed by atoms with Crippen molar-refractivity contribution >= 4 is 15.9 Å². The van der Waals surface area contributed by atoms with Gasteiger partial charge in [-0.25, -0.2) is 8.78 Å². The molecule has 1 aromatic rings. The van der Waals surface area contributed by atoms with Crippen molar-refractivity contribution in [1.82, 2.24) is 0 Å². The van der Waals surface area contributed by atoms with Gasteiger partial charge in [-0.05, 0) is 40.8 Å². The first-order chi connectivity index (χ1) is 8.52. The first-order valence-corrected chi connectivity index (χ1v) is 6.93. The smallest absolute Gasteiger partial charge is 0.167 e. The van der Waals surface area contributed by atoms with Crippen molar-refractivity contribution in [3.8, 4) is 5.75 Å². The van der Waals surface area contributed by atoms with E-state index in [1.54, 1.807) is 0 Å². The van der Waals surface area contributed by atoms with Gasteiger partial charge in [0.25, 0.3) is 0 Å². The summed E-state index contributed by atoms with van der Waals surface area (Å²) in [7, 11) is 0. The number of phenols is 1. The number of hydrogen-bond acceptors (Lipinski definition) is 2. The predicted octanol–water partition coefficient (Wildman–Crippen LogP) is 4.01. The largest absolute Gasteiger partial charge is 0.506 e. The van der Waals surface area contributed by atoms with E-state index in [4.69, 9.17) is 5.73 Å². The van der Waals surface area contributed by atoms with E-state index in [-0.39, 0.29) is 21.7 Å². The molecule has 0 aromatic heterocycles. The summed E-state index contributed by atoms with van der Waals surface area (Å²) in [6.45, 7) is 0. The van der Waals surface area contributed by atoms with Crippen LogP contribution in [0.4, 0.5) is 8.78 Å². The summed E-state index contributed by atoms with van der Waals surface area (Å²) in [5, 5.41) is 9.87. The lowest BCUT2D eigenvalue weighted by Crippen LogP contribution is -2.25. The third kappa shape index (κ3) is 2.52. The van der Waals surface area contributed by atoms with Crippen LogP contribution in [0.3, 0.4) is 0 Å². The lowest BCUT2D eigenvalue weighted by molar-refractivity contribution is 0.294. The van der Waals surface area contributed by atoms with E-state index in [0.717, 1.165) is 38.2 Å². The van der Waals surface area contributed by atoms with Crippen molar-refractivity contribution in [3.05, 3.63) is 27.7 Å². The van der Waals surface area contributed by atoms with Gasteiger partial charge < -0.3 is 10.8 Å². The van der Waals surface area contributed by atoms with Crippen LogP contribution in [-0.4, -0.2) is 5.11 Å². The molecule has 0 unspecified atom stereocenters. The first kappa shape index (κ1) is 13.7. The van der Waals surface area contributed by atoms with Gasteiger partial charge in [0.05, 0.1) is 10.0 Å². The second-order valence-electron chi connectivity index (χ2n) is 4.84. The maximum Gasteiger partial charge on any atom is 0.167 e. The molecule has 1 saturated carbocycles. The molecule has 5 heteroatoms. The summed E-state index contributed by atoms with van der Waals surface area (Å²) in [5.74, 6) is -2.20. The number of aromatic hydroxyl groups is 1. The second kappa shape index (κ2) is 5.53. The molecule has 1 atom stereocenters. The molecule has 1 aliphatic rings. The van der Waals surface area contributed by atoms with Crippen molar-refractivity contribution in [1.29, 1.82) is 0 Å². The Hall–Kier alpha value is -0.680. The summed E-state index contributed by atoms with van der Waals surface area (Å²) < 4.78 is 27.3. The average molecular weight is 320 g/mol. The standard InChI is InChI=1S/C13H16BrF2NO/c14-8-6-9(15)11(16)10(13(8)18)12(17)7-4-2-1-3-5-7/h6-7,12,18H,1-5,17H2/t12-/m0/s1. The van der Waals surface area contributed by atoms with Crippen LogP contribution in [0.2, 0.25) is 0 Å². The molecular weight excluding hydrogens is 304 g/mol. The van der Waals surface area contributed by atoms with Crippen molar-refractivity contribution in [2.45, 2.75) is 38.1 Å². The highest BCUT2D eigenvalue weighted by molar-refractivity contribution is 9.10. The van der Waals surface area contributed by atoms with E-state index < -0.39 is 17.7 Å². The van der Waals surface area contributed by atoms with Gasteiger partial charge in [0.15, 0.2) is 11.6 Å². The molecule has 0 bridgehead atoms. The van der Waals surface area contributed by atoms with Crippen LogP contribution in [0.25, 0.3) is 0 Å². The number of phenolic OH excluding ortho intramolecular Hbond substituents is 1. The Morgan fingerprint density at radius 2 is 1.89 bits per heavy atom. The van der Waals surface area contributed by atoms with Crippen molar-refractivity contribution in [2.75, 3.05) is 0 Å². The zero-order chi connectivity index (χ0) is 13.3. The zero-order valence-corrected chi connectivity index (χ0v) is 11.5. The van der Waals surface area contributed by atoms with Gasteiger partial charge in [-0.1, -0.05) is 19.3 Å². The van der Waals surface area contributed by atoms with E-state index >= 15 is 0 Å². The monoisotopic (exact) mass is 319 g/mol. The predicted molar refractivity (Wildman–Crippen MR) is 69.2 cm³/mol. The van der Waals surface area contributed by atoms with Crippen LogP contribution in [0.5, 0.6) is 5.75 Å². The average Bonchev–Trinajstić information content (AvgIpc) is 2.37. The van der Waals surface area contributed by atoms with Crippen LogP contribution in [0.1, 0.15) is 43.7 Å². The Morgan fingerprint density at radius 3 is 2.50 bits per heavy atom. The Kier molecular flexibility index (Phi) is 4.22. The molecule has 0 saturated heterocycles. The lowest BCUT2D eigenvalue weighted by Gasteiger charge is -2.28. The van der Waals surface area contributed by atoms with Crippen molar-refractivity contribution < 1.29 is 13.9 Å². The van der Waals surface area contributed by atoms with Gasteiger partial charge in [0, 0.05) is 6.04 Å². The summed E-state index contributed by atoms with van der Waals surface area (Å²) in [5.41, 5.74) is 5.92. The molecule has 0 radical (unpaired) electrons. The lowest BCUT2D eigenvalue weighted by atomic mass is 9.81. The van der Waals surface area contributed by atoms with E-state index in [1.807, 2.05) is 0 Å². The highest BCUT2D eigenvalue weighted by Gasteiger charge is 2.29. The fourth-order valence-corrected chi connectivity index (χ4v) is 3.05. The first-order valence-electron chi connectivity index (χ1n) is 6.14. The van der Waals surface area contributed by atoms with Crippen LogP contribution >= 0.6 is 15.9 Å². The highest BCUT2D eigenvalue weighted by atomic mass is 79.9. The Labute approximate surface area is 113 Å². The Morgan fingerprint density at radius 1 is 1.28 bits per heavy atom. The summed E-state index contributed by atoms with van der Waals surface area (Å²) in [4.78, 5) is 0. The van der Waals surface area contributed by atoms with Crippen molar-refractivity contribution in [3.63, 3.8) is 0 Å². The van der Waals surface area contributed by atoms with Gasteiger partial charge in [-0.3, -0.25) is 0 Å². The quantitative estimate of drug-likeness (QED) is 0.809. The fourth-order valence-electron chi connectivity index (χ4n) is 2.64. The van der Waals surface area contributed by atoms with Gasteiger partial charge in [0.1, 0.15) is 5.75 Å². The number of hydrogen-bond donors (Lipinski definition) is 2. The molecule has 1 fully saturated rings. The Bertz CT molecular complexity index is 421. The Balaban J connectivity index is 2.37. The van der Waals surface area contributed by atoms with Crippen LogP contribution in [0.15, 0.2) is 10.5 Å². The number of benzene rings is 1. The topological polar surface area (TPSA) is 46.2 Å². The SMILES string of the molecule is N[C@H](c1c(O)c(Br)cc(F)c1F)C1CCCCC1. The minimum atomic E-state index is -1.03. The van der Waals surface area contributed by atoms with Gasteiger partial charge >= 0.3 is 0 Å². The minimum absolute atomic E-state index is 0.103. The molecule has 0 heterocycles. The van der Waals surface area contributed by atoms with Gasteiger partial charge in [0.2, 0.25) is 0 Å². The number of halogens is 3. The third-order valence-electron chi connectivity index (χ3n) is 3.67. The third-order valence-corrected chi connectivity index (χ3v) is 4.28. The molecule has 2 nitrogen and oxygen atoms in total. The molecule has 2 rings (SSSR count). The van der Waals surface area contributed by atoms with E-state index in [0.29, 0.717) is 0 Å². The molecule has 1 aliphatic carbocycles. The molecule has 0 aliphatic heterocycles. The van der Waals surface area contributed by atoms with Crippen LogP contribution < -0.4 is 5.73 Å². The van der Waals surface area contributed by atoms with Crippen LogP contribution in [0, 0.1) is 17.6 Å². The maximum absolute atomic E-state index is 13.8. The van der Waals surface area contributed by atoms with E-state index in [1.165, 1.54) is 0 Å². The molecule has 0 amide bonds. The molecule has 0 spiro atoms. The maximum atomic E-state index is 13.8. The minimum Gasteiger partial charge on any atom is -0.506 e. The normalized spacial score (nSPS) is 18.9. The molecule has 18 heavy (non-hydrogen) atoms. The summed E-state index contributed by atoms with van der Waals surface area (Å²) >= 11 is 3.01. The fraction of sp³-hybridized carbons (Fsp3) is 0.538. The molecule has 1 aromatic carbocycles. The second-order valence-corrected chi connectivity index (χ2v) is 5.69. The summed E-state index contributed by atoms with van der Waals surface area (Å²) in [6, 6.07) is 0.263.